The Hall–Kier alpha value is -2.47. The number of anilines is 3. The minimum Gasteiger partial charge on any atom is -0.330 e. The Morgan fingerprint density at radius 3 is 2.71 bits per heavy atom. The van der Waals surface area contributed by atoms with Gasteiger partial charge in [-0.05, 0) is 19.8 Å². The van der Waals surface area contributed by atoms with Crippen molar-refractivity contribution in [3.63, 3.8) is 0 Å². The second-order valence-corrected chi connectivity index (χ2v) is 8.44. The van der Waals surface area contributed by atoms with Crippen LogP contribution in [-0.4, -0.2) is 25.7 Å². The van der Waals surface area contributed by atoms with Gasteiger partial charge in [-0.25, -0.2) is 9.97 Å². The number of rotatable bonds is 5. The molecule has 0 spiro atoms. The van der Waals surface area contributed by atoms with E-state index in [1.54, 1.807) is 18.7 Å². The number of aryl methyl sites for hydroxylation is 2. The van der Waals surface area contributed by atoms with Gasteiger partial charge in [-0.3, -0.25) is 14.8 Å². The largest absolute Gasteiger partial charge is 0.434 e. The van der Waals surface area contributed by atoms with Crippen molar-refractivity contribution >= 4 is 44.5 Å². The number of amides is 1. The Bertz CT molecular complexity index is 1030. The molecule has 3 aromatic heterocycles. The Balaban J connectivity index is 1.53. The zero-order chi connectivity index (χ0) is 20.1. The summed E-state index contributed by atoms with van der Waals surface area (Å²) in [6.45, 7) is 1.75. The van der Waals surface area contributed by atoms with E-state index in [2.05, 4.69) is 25.7 Å². The molecule has 1 aliphatic rings. The van der Waals surface area contributed by atoms with Crippen LogP contribution in [0.2, 0.25) is 0 Å². The van der Waals surface area contributed by atoms with Crippen LogP contribution in [0.5, 0.6) is 0 Å². The molecule has 7 nitrogen and oxygen atoms in total. The number of nitrogens with one attached hydrogen (secondary N) is 2. The molecule has 28 heavy (non-hydrogen) atoms. The van der Waals surface area contributed by atoms with Gasteiger partial charge < -0.3 is 5.32 Å². The van der Waals surface area contributed by atoms with Crippen molar-refractivity contribution in [3.05, 3.63) is 33.5 Å². The van der Waals surface area contributed by atoms with E-state index in [1.165, 1.54) is 11.3 Å². The topological polar surface area (TPSA) is 84.7 Å². The van der Waals surface area contributed by atoms with Crippen molar-refractivity contribution in [1.82, 2.24) is 19.7 Å². The first-order valence-electron chi connectivity index (χ1n) is 8.33. The first-order valence-corrected chi connectivity index (χ1v) is 10.0. The van der Waals surface area contributed by atoms with Crippen LogP contribution in [-0.2, 0) is 13.2 Å². The van der Waals surface area contributed by atoms with E-state index in [9.17, 15) is 18.0 Å². The maximum atomic E-state index is 12.7. The zero-order valence-corrected chi connectivity index (χ0v) is 16.4. The number of alkyl halides is 3. The molecule has 0 saturated heterocycles. The monoisotopic (exact) mass is 428 g/mol. The van der Waals surface area contributed by atoms with Gasteiger partial charge in [0.05, 0.1) is 10.7 Å². The quantitative estimate of drug-likeness (QED) is 0.624. The fourth-order valence-corrected chi connectivity index (χ4v) is 4.12. The molecular formula is C16H15F3N6OS2. The molecule has 0 bridgehead atoms. The molecule has 1 amide bonds. The van der Waals surface area contributed by atoms with E-state index in [1.807, 2.05) is 6.07 Å². The molecule has 3 aromatic rings. The van der Waals surface area contributed by atoms with Crippen molar-refractivity contribution in [1.29, 1.82) is 0 Å². The fourth-order valence-electron chi connectivity index (χ4n) is 2.58. The van der Waals surface area contributed by atoms with Crippen molar-refractivity contribution in [2.45, 2.75) is 31.9 Å². The summed E-state index contributed by atoms with van der Waals surface area (Å²) in [6, 6.07) is 1.94. The minimum atomic E-state index is -4.55. The summed E-state index contributed by atoms with van der Waals surface area (Å²) >= 11 is 1.99. The van der Waals surface area contributed by atoms with E-state index in [0.717, 1.165) is 23.9 Å². The number of aromatic nitrogens is 4. The van der Waals surface area contributed by atoms with E-state index in [-0.39, 0.29) is 10.8 Å². The predicted octanol–water partition coefficient (Wildman–Crippen LogP) is 4.53. The SMILES string of the molecule is Cc1nc(C(=O)Nc2nc(C(F)(F)F)cs2)c(Nc2cc(C3CC3)nn2C)s1. The van der Waals surface area contributed by atoms with Crippen LogP contribution in [0.4, 0.5) is 29.1 Å². The first kappa shape index (κ1) is 18.9. The maximum absolute atomic E-state index is 12.7. The Morgan fingerprint density at radius 2 is 2.07 bits per heavy atom. The van der Waals surface area contributed by atoms with Crippen molar-refractivity contribution in [2.24, 2.45) is 7.05 Å². The molecule has 1 saturated carbocycles. The predicted molar refractivity (Wildman–Crippen MR) is 100 cm³/mol. The second-order valence-electron chi connectivity index (χ2n) is 6.38. The van der Waals surface area contributed by atoms with Gasteiger partial charge in [0.2, 0.25) is 0 Å². The van der Waals surface area contributed by atoms with Crippen LogP contribution in [0.3, 0.4) is 0 Å². The van der Waals surface area contributed by atoms with Gasteiger partial charge in [0.15, 0.2) is 16.5 Å². The number of carbonyl (C=O) groups is 1. The molecule has 12 heteroatoms. The van der Waals surface area contributed by atoms with Crippen LogP contribution >= 0.6 is 22.7 Å². The zero-order valence-electron chi connectivity index (χ0n) is 14.8. The van der Waals surface area contributed by atoms with E-state index >= 15 is 0 Å². The standard InChI is InChI=1S/C16H15F3N6OS2/c1-7-20-12(13(26)23-15-21-10(6-27-15)16(17,18)19)14(28-7)22-11-5-9(8-3-4-8)24-25(11)2/h5-6,8,22H,3-4H2,1-2H3,(H,21,23,26). The van der Waals surface area contributed by atoms with Gasteiger partial charge >= 0.3 is 6.18 Å². The summed E-state index contributed by atoms with van der Waals surface area (Å²) in [4.78, 5) is 20.2. The van der Waals surface area contributed by atoms with Gasteiger partial charge in [-0.15, -0.1) is 22.7 Å². The Labute approximate surface area is 165 Å². The lowest BCUT2D eigenvalue weighted by atomic mass is 10.3. The van der Waals surface area contributed by atoms with Gasteiger partial charge in [-0.2, -0.15) is 18.3 Å². The number of carbonyl (C=O) groups excluding carboxylic acids is 1. The van der Waals surface area contributed by atoms with Crippen molar-refractivity contribution < 1.29 is 18.0 Å². The lowest BCUT2D eigenvalue weighted by molar-refractivity contribution is -0.140. The average molecular weight is 428 g/mol. The second kappa shape index (κ2) is 6.85. The number of thiazole rings is 2. The Kier molecular flexibility index (Phi) is 4.62. The molecule has 0 aromatic carbocycles. The van der Waals surface area contributed by atoms with E-state index in [4.69, 9.17) is 0 Å². The molecule has 0 unspecified atom stereocenters. The Morgan fingerprint density at radius 1 is 1.32 bits per heavy atom. The van der Waals surface area contributed by atoms with Crippen molar-refractivity contribution in [2.75, 3.05) is 10.6 Å². The molecular weight excluding hydrogens is 413 g/mol. The van der Waals surface area contributed by atoms with Crippen LogP contribution < -0.4 is 10.6 Å². The van der Waals surface area contributed by atoms with Gasteiger partial charge in [0, 0.05) is 24.4 Å². The normalized spacial score (nSPS) is 14.3. The minimum absolute atomic E-state index is 0.0976. The molecule has 0 aliphatic heterocycles. The number of hydrogen-bond acceptors (Lipinski definition) is 7. The molecule has 4 rings (SSSR count). The van der Waals surface area contributed by atoms with Crippen LogP contribution in [0.25, 0.3) is 0 Å². The summed E-state index contributed by atoms with van der Waals surface area (Å²) in [6.07, 6.45) is -2.31. The van der Waals surface area contributed by atoms with Gasteiger partial charge in [0.1, 0.15) is 10.8 Å². The lowest BCUT2D eigenvalue weighted by Crippen LogP contribution is -2.15. The molecule has 3 heterocycles. The maximum Gasteiger partial charge on any atom is 0.434 e. The summed E-state index contributed by atoms with van der Waals surface area (Å²) in [7, 11) is 1.80. The third kappa shape index (κ3) is 3.87. The lowest BCUT2D eigenvalue weighted by Gasteiger charge is -2.06. The van der Waals surface area contributed by atoms with E-state index < -0.39 is 17.8 Å². The van der Waals surface area contributed by atoms with E-state index in [0.29, 0.717) is 33.1 Å². The highest BCUT2D eigenvalue weighted by Crippen LogP contribution is 2.40. The molecule has 0 atom stereocenters. The van der Waals surface area contributed by atoms with Crippen molar-refractivity contribution in [3.8, 4) is 0 Å². The molecule has 1 aliphatic carbocycles. The summed E-state index contributed by atoms with van der Waals surface area (Å²) in [5, 5.41) is 11.9. The highest BCUT2D eigenvalue weighted by molar-refractivity contribution is 7.16. The molecule has 148 valence electrons. The molecule has 2 N–H and O–H groups in total. The smallest absolute Gasteiger partial charge is 0.330 e. The third-order valence-corrected chi connectivity index (χ3v) is 5.74. The average Bonchev–Trinajstić information content (AvgIpc) is 3.06. The number of hydrogen-bond donors (Lipinski definition) is 2. The highest BCUT2D eigenvalue weighted by atomic mass is 32.1. The number of halogens is 3. The molecule has 1 fully saturated rings. The first-order chi connectivity index (χ1) is 13.2. The van der Waals surface area contributed by atoms with Gasteiger partial charge in [0.25, 0.3) is 5.91 Å². The van der Waals surface area contributed by atoms with Crippen LogP contribution in [0.1, 0.15) is 45.6 Å². The summed E-state index contributed by atoms with van der Waals surface area (Å²) in [5.74, 6) is 0.577. The number of nitrogens with zero attached hydrogens (tertiary/aromatic N) is 4. The van der Waals surface area contributed by atoms with Crippen LogP contribution in [0, 0.1) is 6.92 Å². The van der Waals surface area contributed by atoms with Crippen LogP contribution in [0.15, 0.2) is 11.4 Å². The third-order valence-electron chi connectivity index (χ3n) is 4.10. The van der Waals surface area contributed by atoms with Gasteiger partial charge in [-0.1, -0.05) is 0 Å². The summed E-state index contributed by atoms with van der Waals surface area (Å²) < 4.78 is 39.7. The molecule has 0 radical (unpaired) electrons. The summed E-state index contributed by atoms with van der Waals surface area (Å²) in [5.41, 5.74) is 0.0585. The fraction of sp³-hybridized carbons (Fsp3) is 0.375. The highest BCUT2D eigenvalue weighted by Gasteiger charge is 2.34.